The number of aromatic hydroxyl groups is 1. The van der Waals surface area contributed by atoms with Crippen molar-refractivity contribution in [2.75, 3.05) is 26.4 Å². The van der Waals surface area contributed by atoms with Crippen LogP contribution in [0.2, 0.25) is 0 Å². The maximum atomic E-state index is 10.1. The number of benzene rings is 1. The lowest BCUT2D eigenvalue weighted by Crippen LogP contribution is -2.59. The van der Waals surface area contributed by atoms with Crippen molar-refractivity contribution in [1.29, 1.82) is 0 Å². The predicted molar refractivity (Wildman–Crippen MR) is 94.7 cm³/mol. The molecule has 1 heterocycles. The molecule has 1 aromatic carbocycles. The first-order valence-electron chi connectivity index (χ1n) is 9.03. The lowest BCUT2D eigenvalue weighted by molar-refractivity contribution is -0.304. The molecule has 1 aliphatic rings. The molecular formula is C18H28O10. The van der Waals surface area contributed by atoms with Crippen molar-refractivity contribution in [3.8, 4) is 11.5 Å². The van der Waals surface area contributed by atoms with Crippen LogP contribution in [0.5, 0.6) is 11.5 Å². The zero-order valence-electron chi connectivity index (χ0n) is 15.3. The fourth-order valence-electron chi connectivity index (χ4n) is 2.81. The number of phenolic OH excluding ortho intramolecular Hbond substituents is 1. The van der Waals surface area contributed by atoms with Gasteiger partial charge in [0.1, 0.15) is 30.5 Å². The van der Waals surface area contributed by atoms with E-state index in [9.17, 15) is 25.5 Å². The van der Waals surface area contributed by atoms with E-state index in [0.717, 1.165) is 5.56 Å². The second kappa shape index (κ2) is 10.9. The molecule has 0 amide bonds. The minimum absolute atomic E-state index is 0.0426. The van der Waals surface area contributed by atoms with Crippen LogP contribution < -0.4 is 4.74 Å². The van der Waals surface area contributed by atoms with Gasteiger partial charge in [0.15, 0.2) is 17.8 Å². The normalized spacial score (nSPS) is 28.9. The van der Waals surface area contributed by atoms with Crippen LogP contribution in [0.25, 0.3) is 0 Å². The smallest absolute Gasteiger partial charge is 0.186 e. The Hall–Kier alpha value is -1.50. The number of rotatable bonds is 10. The SMILES string of the molecule is OCCCc1ccc(O[C@H](CO)CO[C@@H]2O[C@H](CO)[C@@H](O)[C@H](O)[C@H]2O)c(O)c1. The van der Waals surface area contributed by atoms with E-state index in [1.165, 1.54) is 12.1 Å². The Balaban J connectivity index is 1.93. The summed E-state index contributed by atoms with van der Waals surface area (Å²) < 4.78 is 16.1. The Morgan fingerprint density at radius 1 is 1.04 bits per heavy atom. The molecule has 7 N–H and O–H groups in total. The van der Waals surface area contributed by atoms with Crippen molar-refractivity contribution in [2.45, 2.75) is 49.7 Å². The fraction of sp³-hybridized carbons (Fsp3) is 0.667. The molecule has 2 rings (SSSR count). The van der Waals surface area contributed by atoms with Crippen LogP contribution in [0.4, 0.5) is 0 Å². The van der Waals surface area contributed by atoms with Crippen molar-refractivity contribution in [3.63, 3.8) is 0 Å². The molecule has 0 bridgehead atoms. The van der Waals surface area contributed by atoms with E-state index in [4.69, 9.17) is 24.4 Å². The van der Waals surface area contributed by atoms with E-state index in [-0.39, 0.29) is 24.7 Å². The van der Waals surface area contributed by atoms with Gasteiger partial charge in [-0.05, 0) is 30.5 Å². The number of hydrogen-bond donors (Lipinski definition) is 7. The number of ether oxygens (including phenoxy) is 3. The van der Waals surface area contributed by atoms with Crippen molar-refractivity contribution in [2.24, 2.45) is 0 Å². The highest BCUT2D eigenvalue weighted by Gasteiger charge is 2.44. The Kier molecular flexibility index (Phi) is 8.86. The van der Waals surface area contributed by atoms with Gasteiger partial charge in [0, 0.05) is 6.61 Å². The van der Waals surface area contributed by atoms with Crippen molar-refractivity contribution in [3.05, 3.63) is 23.8 Å². The van der Waals surface area contributed by atoms with Gasteiger partial charge in [0.05, 0.1) is 19.8 Å². The molecule has 0 aromatic heterocycles. The fourth-order valence-corrected chi connectivity index (χ4v) is 2.81. The minimum atomic E-state index is -1.57. The van der Waals surface area contributed by atoms with Crippen LogP contribution >= 0.6 is 0 Å². The molecule has 0 unspecified atom stereocenters. The van der Waals surface area contributed by atoms with Gasteiger partial charge in [-0.25, -0.2) is 0 Å². The van der Waals surface area contributed by atoms with Crippen LogP contribution in [0, 0.1) is 0 Å². The second-order valence-electron chi connectivity index (χ2n) is 6.58. The maximum Gasteiger partial charge on any atom is 0.186 e. The van der Waals surface area contributed by atoms with Gasteiger partial charge in [0.2, 0.25) is 0 Å². The monoisotopic (exact) mass is 404 g/mol. The third-order valence-electron chi connectivity index (χ3n) is 4.44. The minimum Gasteiger partial charge on any atom is -0.504 e. The quantitative estimate of drug-likeness (QED) is 0.229. The van der Waals surface area contributed by atoms with Gasteiger partial charge >= 0.3 is 0 Å². The third kappa shape index (κ3) is 5.75. The molecule has 0 saturated carbocycles. The maximum absolute atomic E-state index is 10.1. The first-order valence-corrected chi connectivity index (χ1v) is 9.03. The van der Waals surface area contributed by atoms with Crippen LogP contribution in [0.1, 0.15) is 12.0 Å². The summed E-state index contributed by atoms with van der Waals surface area (Å²) >= 11 is 0. The number of aliphatic hydroxyl groups is 6. The molecule has 0 radical (unpaired) electrons. The molecule has 1 aliphatic heterocycles. The molecular weight excluding hydrogens is 376 g/mol. The van der Waals surface area contributed by atoms with E-state index in [1.807, 2.05) is 0 Å². The van der Waals surface area contributed by atoms with Crippen LogP contribution in [0.15, 0.2) is 18.2 Å². The van der Waals surface area contributed by atoms with Crippen molar-refractivity contribution < 1.29 is 50.0 Å². The van der Waals surface area contributed by atoms with Crippen LogP contribution in [0.3, 0.4) is 0 Å². The molecule has 6 atom stereocenters. The predicted octanol–water partition coefficient (Wildman–Crippen LogP) is -2.13. The zero-order valence-corrected chi connectivity index (χ0v) is 15.3. The standard InChI is InChI=1S/C18H28O10/c19-5-1-2-10-3-4-13(12(22)6-10)27-11(7-20)9-26-18-17(25)16(24)15(23)14(8-21)28-18/h3-4,6,11,14-25H,1-2,5,7-9H2/t11-,14-,15-,16+,17-,18-/m1/s1. The van der Waals surface area contributed by atoms with Crippen molar-refractivity contribution >= 4 is 0 Å². The molecule has 0 spiro atoms. The average molecular weight is 404 g/mol. The molecule has 10 nitrogen and oxygen atoms in total. The molecule has 10 heteroatoms. The van der Waals surface area contributed by atoms with E-state index in [1.54, 1.807) is 6.07 Å². The van der Waals surface area contributed by atoms with E-state index in [2.05, 4.69) is 0 Å². The van der Waals surface area contributed by atoms with Gasteiger partial charge in [-0.15, -0.1) is 0 Å². The Morgan fingerprint density at radius 3 is 2.39 bits per heavy atom. The van der Waals surface area contributed by atoms with Gasteiger partial charge in [0.25, 0.3) is 0 Å². The Morgan fingerprint density at radius 2 is 1.79 bits per heavy atom. The lowest BCUT2D eigenvalue weighted by atomic mass is 9.99. The highest BCUT2D eigenvalue weighted by molar-refractivity contribution is 5.42. The summed E-state index contributed by atoms with van der Waals surface area (Å²) in [6.07, 6.45) is -6.83. The Bertz CT molecular complexity index is 596. The van der Waals surface area contributed by atoms with Crippen LogP contribution in [-0.4, -0.2) is 99.0 Å². The van der Waals surface area contributed by atoms with Gasteiger partial charge < -0.3 is 50.0 Å². The van der Waals surface area contributed by atoms with Crippen molar-refractivity contribution in [1.82, 2.24) is 0 Å². The largest absolute Gasteiger partial charge is 0.504 e. The highest BCUT2D eigenvalue weighted by Crippen LogP contribution is 2.29. The summed E-state index contributed by atoms with van der Waals surface area (Å²) in [6.45, 7) is -1.27. The van der Waals surface area contributed by atoms with E-state index >= 15 is 0 Å². The molecule has 1 fully saturated rings. The summed E-state index contributed by atoms with van der Waals surface area (Å²) in [7, 11) is 0. The first-order chi connectivity index (χ1) is 13.4. The molecule has 1 aromatic rings. The average Bonchev–Trinajstić information content (AvgIpc) is 2.70. The zero-order chi connectivity index (χ0) is 20.7. The molecule has 0 aliphatic carbocycles. The summed E-state index contributed by atoms with van der Waals surface area (Å²) in [5.74, 6) is -0.0223. The van der Waals surface area contributed by atoms with E-state index < -0.39 is 50.0 Å². The highest BCUT2D eigenvalue weighted by atomic mass is 16.7. The topological polar surface area (TPSA) is 169 Å². The van der Waals surface area contributed by atoms with Gasteiger partial charge in [-0.2, -0.15) is 0 Å². The lowest BCUT2D eigenvalue weighted by Gasteiger charge is -2.39. The second-order valence-corrected chi connectivity index (χ2v) is 6.58. The Labute approximate surface area is 162 Å². The summed E-state index contributed by atoms with van der Waals surface area (Å²) in [6, 6.07) is 4.74. The summed E-state index contributed by atoms with van der Waals surface area (Å²) in [5.41, 5.74) is 0.817. The molecule has 28 heavy (non-hydrogen) atoms. The van der Waals surface area contributed by atoms with E-state index in [0.29, 0.717) is 12.8 Å². The number of phenols is 1. The summed E-state index contributed by atoms with van der Waals surface area (Å²) in [5, 5.41) is 67.0. The van der Waals surface area contributed by atoms with Crippen LogP contribution in [-0.2, 0) is 15.9 Å². The number of aryl methyl sites for hydroxylation is 1. The third-order valence-corrected chi connectivity index (χ3v) is 4.44. The summed E-state index contributed by atoms with van der Waals surface area (Å²) in [4.78, 5) is 0. The molecule has 1 saturated heterocycles. The number of hydrogen-bond acceptors (Lipinski definition) is 10. The number of aliphatic hydroxyl groups excluding tert-OH is 6. The first kappa shape index (κ1) is 22.8. The van der Waals surface area contributed by atoms with Gasteiger partial charge in [-0.1, -0.05) is 6.07 Å². The molecule has 160 valence electrons. The van der Waals surface area contributed by atoms with Gasteiger partial charge in [-0.3, -0.25) is 0 Å².